The molecule has 1 aromatic heterocycles. The number of carbonyl (C=O) groups is 2. The van der Waals surface area contributed by atoms with Crippen LogP contribution in [0.3, 0.4) is 0 Å². The van der Waals surface area contributed by atoms with E-state index in [-0.39, 0.29) is 11.8 Å². The minimum atomic E-state index is -0.474. The fourth-order valence-corrected chi connectivity index (χ4v) is 3.13. The van der Waals surface area contributed by atoms with E-state index in [1.165, 1.54) is 11.3 Å². The third kappa shape index (κ3) is 3.58. The number of hydrogen-bond acceptors (Lipinski definition) is 4. The number of nitrogens with one attached hydrogen (secondary N) is 2. The molecule has 2 amide bonds. The van der Waals surface area contributed by atoms with Crippen LogP contribution in [0.4, 0.5) is 0 Å². The van der Waals surface area contributed by atoms with Gasteiger partial charge < -0.3 is 15.5 Å². The van der Waals surface area contributed by atoms with Gasteiger partial charge in [0.25, 0.3) is 5.91 Å². The normalized spacial score (nSPS) is 19.9. The van der Waals surface area contributed by atoms with Crippen LogP contribution in [0.15, 0.2) is 17.5 Å². The van der Waals surface area contributed by atoms with E-state index in [0.29, 0.717) is 10.8 Å². The molecule has 1 aliphatic heterocycles. The van der Waals surface area contributed by atoms with Gasteiger partial charge in [-0.05, 0) is 44.3 Å². The van der Waals surface area contributed by atoms with Crippen molar-refractivity contribution < 1.29 is 9.59 Å². The highest BCUT2D eigenvalue weighted by atomic mass is 32.1. The van der Waals surface area contributed by atoms with Crippen molar-refractivity contribution in [2.24, 2.45) is 5.92 Å². The van der Waals surface area contributed by atoms with Crippen LogP contribution in [-0.4, -0.2) is 49.4 Å². The molecule has 0 saturated carbocycles. The first-order valence-electron chi connectivity index (χ1n) is 6.89. The van der Waals surface area contributed by atoms with E-state index in [4.69, 9.17) is 0 Å². The quantitative estimate of drug-likeness (QED) is 0.850. The van der Waals surface area contributed by atoms with Crippen molar-refractivity contribution in [3.63, 3.8) is 0 Å². The first-order valence-corrected chi connectivity index (χ1v) is 7.77. The predicted octanol–water partition coefficient (Wildman–Crippen LogP) is 0.934. The molecular weight excluding hydrogens is 274 g/mol. The predicted molar refractivity (Wildman–Crippen MR) is 79.9 cm³/mol. The third-order valence-electron chi connectivity index (χ3n) is 3.55. The Morgan fingerprint density at radius 3 is 3.00 bits per heavy atom. The average molecular weight is 295 g/mol. The first-order chi connectivity index (χ1) is 9.61. The molecular formula is C14H21N3O2S. The lowest BCUT2D eigenvalue weighted by Gasteiger charge is -2.21. The number of nitrogens with zero attached hydrogens (tertiary/aromatic N) is 1. The summed E-state index contributed by atoms with van der Waals surface area (Å²) in [5, 5.41) is 7.76. The fraction of sp³-hybridized carbons (Fsp3) is 0.571. The average Bonchev–Trinajstić information content (AvgIpc) is 3.09. The Labute approximate surface area is 123 Å². The molecule has 1 aromatic rings. The molecule has 20 heavy (non-hydrogen) atoms. The molecule has 0 radical (unpaired) electrons. The minimum Gasteiger partial charge on any atom is -0.341 e. The lowest BCUT2D eigenvalue weighted by atomic mass is 10.1. The van der Waals surface area contributed by atoms with E-state index in [1.54, 1.807) is 13.0 Å². The van der Waals surface area contributed by atoms with Gasteiger partial charge in [0.1, 0.15) is 6.04 Å². The molecule has 0 spiro atoms. The molecule has 2 unspecified atom stereocenters. The molecule has 0 aromatic carbocycles. The number of rotatable bonds is 5. The summed E-state index contributed by atoms with van der Waals surface area (Å²) in [6.45, 7) is 4.24. The number of likely N-dealkylation sites (tertiary alicyclic amines) is 1. The van der Waals surface area contributed by atoms with Crippen LogP contribution >= 0.6 is 11.3 Å². The number of hydrogen-bond donors (Lipinski definition) is 2. The molecule has 2 heterocycles. The van der Waals surface area contributed by atoms with E-state index in [0.717, 1.165) is 26.1 Å². The van der Waals surface area contributed by atoms with Crippen LogP contribution in [0.2, 0.25) is 0 Å². The molecule has 110 valence electrons. The Balaban J connectivity index is 1.85. The fourth-order valence-electron chi connectivity index (χ4n) is 2.50. The van der Waals surface area contributed by atoms with Crippen molar-refractivity contribution in [1.29, 1.82) is 0 Å². The van der Waals surface area contributed by atoms with E-state index in [1.807, 2.05) is 23.4 Å². The van der Waals surface area contributed by atoms with Crippen LogP contribution in [0, 0.1) is 5.92 Å². The van der Waals surface area contributed by atoms with Gasteiger partial charge in [0, 0.05) is 13.1 Å². The highest BCUT2D eigenvalue weighted by molar-refractivity contribution is 7.12. The van der Waals surface area contributed by atoms with Gasteiger partial charge in [0.15, 0.2) is 0 Å². The van der Waals surface area contributed by atoms with Crippen LogP contribution < -0.4 is 10.6 Å². The summed E-state index contributed by atoms with van der Waals surface area (Å²) in [5.41, 5.74) is 0. The maximum Gasteiger partial charge on any atom is 0.261 e. The number of carbonyl (C=O) groups excluding carboxylic acids is 2. The number of amides is 2. The summed E-state index contributed by atoms with van der Waals surface area (Å²) in [5.74, 6) is 0.351. The van der Waals surface area contributed by atoms with Crippen LogP contribution in [0.1, 0.15) is 23.0 Å². The highest BCUT2D eigenvalue weighted by Gasteiger charge is 2.29. The summed E-state index contributed by atoms with van der Waals surface area (Å²) in [4.78, 5) is 26.7. The van der Waals surface area contributed by atoms with E-state index in [2.05, 4.69) is 10.6 Å². The van der Waals surface area contributed by atoms with Crippen molar-refractivity contribution in [3.05, 3.63) is 22.4 Å². The van der Waals surface area contributed by atoms with Gasteiger partial charge in [-0.15, -0.1) is 11.3 Å². The van der Waals surface area contributed by atoms with Crippen molar-refractivity contribution >= 4 is 23.2 Å². The summed E-state index contributed by atoms with van der Waals surface area (Å²) < 4.78 is 0. The van der Waals surface area contributed by atoms with Gasteiger partial charge >= 0.3 is 0 Å². The molecule has 1 fully saturated rings. The Morgan fingerprint density at radius 2 is 2.35 bits per heavy atom. The topological polar surface area (TPSA) is 61.4 Å². The zero-order valence-electron chi connectivity index (χ0n) is 11.9. The monoisotopic (exact) mass is 295 g/mol. The second-order valence-corrected chi connectivity index (χ2v) is 6.12. The van der Waals surface area contributed by atoms with Gasteiger partial charge in [-0.3, -0.25) is 9.59 Å². The molecule has 2 N–H and O–H groups in total. The molecule has 6 heteroatoms. The van der Waals surface area contributed by atoms with Gasteiger partial charge in [-0.1, -0.05) is 6.07 Å². The summed E-state index contributed by atoms with van der Waals surface area (Å²) >= 11 is 1.38. The zero-order valence-corrected chi connectivity index (χ0v) is 12.7. The summed E-state index contributed by atoms with van der Waals surface area (Å²) in [7, 11) is 1.92. The molecule has 5 nitrogen and oxygen atoms in total. The highest BCUT2D eigenvalue weighted by Crippen LogP contribution is 2.16. The maximum absolute atomic E-state index is 12.3. The molecule has 2 atom stereocenters. The van der Waals surface area contributed by atoms with E-state index in [9.17, 15) is 9.59 Å². The van der Waals surface area contributed by atoms with Gasteiger partial charge in [-0.2, -0.15) is 0 Å². The lowest BCUT2D eigenvalue weighted by Crippen LogP contribution is -2.46. The van der Waals surface area contributed by atoms with Crippen molar-refractivity contribution in [2.75, 3.05) is 26.7 Å². The van der Waals surface area contributed by atoms with Crippen LogP contribution in [0.5, 0.6) is 0 Å². The first kappa shape index (κ1) is 15.0. The van der Waals surface area contributed by atoms with E-state index >= 15 is 0 Å². The van der Waals surface area contributed by atoms with Gasteiger partial charge in [0.2, 0.25) is 5.91 Å². The molecule has 0 aliphatic carbocycles. The van der Waals surface area contributed by atoms with Crippen LogP contribution in [-0.2, 0) is 4.79 Å². The molecule has 1 aliphatic rings. The van der Waals surface area contributed by atoms with Crippen molar-refractivity contribution in [1.82, 2.24) is 15.5 Å². The molecule has 2 rings (SSSR count). The zero-order chi connectivity index (χ0) is 14.5. The molecule has 0 bridgehead atoms. The molecule has 1 saturated heterocycles. The van der Waals surface area contributed by atoms with E-state index < -0.39 is 6.04 Å². The van der Waals surface area contributed by atoms with Gasteiger partial charge in [0.05, 0.1) is 4.88 Å². The maximum atomic E-state index is 12.3. The van der Waals surface area contributed by atoms with Crippen molar-refractivity contribution in [3.8, 4) is 0 Å². The Hall–Kier alpha value is -1.40. The lowest BCUT2D eigenvalue weighted by molar-refractivity contribution is -0.131. The number of thiophene rings is 1. The van der Waals surface area contributed by atoms with Gasteiger partial charge in [-0.25, -0.2) is 0 Å². The smallest absolute Gasteiger partial charge is 0.261 e. The largest absolute Gasteiger partial charge is 0.341 e. The van der Waals surface area contributed by atoms with Crippen molar-refractivity contribution in [2.45, 2.75) is 19.4 Å². The second kappa shape index (κ2) is 6.85. The standard InChI is InChI=1S/C14H21N3O2S/c1-10(16-13(18)12-4-3-7-20-12)14(19)17-6-5-11(9-17)8-15-2/h3-4,7,10-11,15H,5-6,8-9H2,1-2H3,(H,16,18). The minimum absolute atomic E-state index is 0.00788. The Morgan fingerprint density at radius 1 is 1.55 bits per heavy atom. The Bertz CT molecular complexity index is 461. The summed E-state index contributed by atoms with van der Waals surface area (Å²) in [6, 6.07) is 3.11. The summed E-state index contributed by atoms with van der Waals surface area (Å²) in [6.07, 6.45) is 1.03. The Kier molecular flexibility index (Phi) is 5.14. The van der Waals surface area contributed by atoms with Crippen LogP contribution in [0.25, 0.3) is 0 Å². The third-order valence-corrected chi connectivity index (χ3v) is 4.42. The SMILES string of the molecule is CNCC1CCN(C(=O)C(C)NC(=O)c2cccs2)C1. The second-order valence-electron chi connectivity index (χ2n) is 5.17.